The molecule has 30 heavy (non-hydrogen) atoms. The topological polar surface area (TPSA) is 54.3 Å². The van der Waals surface area contributed by atoms with Crippen LogP contribution in [0.5, 0.6) is 0 Å². The van der Waals surface area contributed by atoms with Crippen LogP contribution in [0.25, 0.3) is 10.9 Å². The molecule has 2 atom stereocenters. The standard InChI is InChI=1S/C25H29N3O2/c1-16(2)13-14-26-24(29)22-18-10-5-6-11-19(18)25(30)28(4)23(22)20-15-27(3)21-12-8-7-9-17(20)21/h5-12,15-16,22-23H,13-14H2,1-4H3,(H,26,29)/t22-,23-/m1/s1. The summed E-state index contributed by atoms with van der Waals surface area (Å²) >= 11 is 0. The highest BCUT2D eigenvalue weighted by atomic mass is 16.2. The number of carbonyl (C=O) groups is 2. The average Bonchev–Trinajstić information content (AvgIpc) is 3.06. The summed E-state index contributed by atoms with van der Waals surface area (Å²) in [6, 6.07) is 15.3. The van der Waals surface area contributed by atoms with E-state index < -0.39 is 5.92 Å². The van der Waals surface area contributed by atoms with E-state index in [9.17, 15) is 9.59 Å². The van der Waals surface area contributed by atoms with Crippen molar-refractivity contribution in [3.8, 4) is 0 Å². The Morgan fingerprint density at radius 2 is 1.73 bits per heavy atom. The number of aryl methyl sites for hydroxylation is 1. The Kier molecular flexibility index (Phi) is 5.37. The second-order valence-corrected chi connectivity index (χ2v) is 8.61. The molecule has 1 aliphatic heterocycles. The lowest BCUT2D eigenvalue weighted by atomic mass is 9.79. The number of para-hydroxylation sites is 1. The Bertz CT molecular complexity index is 1100. The maximum atomic E-state index is 13.5. The van der Waals surface area contributed by atoms with Crippen LogP contribution in [0.15, 0.2) is 54.7 Å². The van der Waals surface area contributed by atoms with Crippen LogP contribution >= 0.6 is 0 Å². The maximum Gasteiger partial charge on any atom is 0.254 e. The molecule has 156 valence electrons. The summed E-state index contributed by atoms with van der Waals surface area (Å²) in [5, 5.41) is 4.20. The molecule has 0 saturated carbocycles. The number of amides is 2. The first kappa shape index (κ1) is 20.2. The molecule has 0 unspecified atom stereocenters. The zero-order valence-electron chi connectivity index (χ0n) is 18.1. The first-order chi connectivity index (χ1) is 14.4. The SMILES string of the molecule is CC(C)CCNC(=O)[C@@H]1c2ccccc2C(=O)N(C)[C@@H]1c1cn(C)c2ccccc12. The van der Waals surface area contributed by atoms with Crippen LogP contribution in [0.1, 0.15) is 53.7 Å². The monoisotopic (exact) mass is 403 g/mol. The fourth-order valence-electron chi connectivity index (χ4n) is 4.55. The minimum absolute atomic E-state index is 0.0274. The van der Waals surface area contributed by atoms with Crippen molar-refractivity contribution in [2.24, 2.45) is 13.0 Å². The van der Waals surface area contributed by atoms with E-state index >= 15 is 0 Å². The molecule has 0 fully saturated rings. The molecule has 4 rings (SSSR count). The van der Waals surface area contributed by atoms with Crippen molar-refractivity contribution in [2.75, 3.05) is 13.6 Å². The van der Waals surface area contributed by atoms with Gasteiger partial charge in [-0.2, -0.15) is 0 Å². The Hall–Kier alpha value is -3.08. The highest BCUT2D eigenvalue weighted by Crippen LogP contribution is 2.44. The highest BCUT2D eigenvalue weighted by molar-refractivity contribution is 6.02. The molecule has 5 heteroatoms. The van der Waals surface area contributed by atoms with Gasteiger partial charge in [0.15, 0.2) is 0 Å². The van der Waals surface area contributed by atoms with Gasteiger partial charge in [-0.25, -0.2) is 0 Å². The van der Waals surface area contributed by atoms with Gasteiger partial charge in [-0.05, 0) is 30.0 Å². The lowest BCUT2D eigenvalue weighted by molar-refractivity contribution is -0.124. The van der Waals surface area contributed by atoms with Gasteiger partial charge in [-0.3, -0.25) is 9.59 Å². The van der Waals surface area contributed by atoms with Crippen molar-refractivity contribution in [3.05, 3.63) is 71.4 Å². The second kappa shape index (κ2) is 7.98. The zero-order valence-corrected chi connectivity index (χ0v) is 18.1. The fourth-order valence-corrected chi connectivity index (χ4v) is 4.55. The number of rotatable bonds is 5. The first-order valence-electron chi connectivity index (χ1n) is 10.6. The largest absolute Gasteiger partial charge is 0.355 e. The number of hydrogen-bond acceptors (Lipinski definition) is 2. The molecule has 3 aromatic rings. The molecular formula is C25H29N3O2. The molecule has 2 heterocycles. The molecule has 1 aromatic heterocycles. The normalized spacial score (nSPS) is 18.7. The summed E-state index contributed by atoms with van der Waals surface area (Å²) in [4.78, 5) is 28.4. The third kappa shape index (κ3) is 3.38. The van der Waals surface area contributed by atoms with Crippen LogP contribution in [-0.4, -0.2) is 34.9 Å². The maximum absolute atomic E-state index is 13.5. The van der Waals surface area contributed by atoms with E-state index in [1.165, 1.54) is 0 Å². The van der Waals surface area contributed by atoms with Crippen LogP contribution in [0, 0.1) is 5.92 Å². The Morgan fingerprint density at radius 3 is 2.50 bits per heavy atom. The molecule has 0 spiro atoms. The Labute approximate surface area is 177 Å². The number of nitrogens with zero attached hydrogens (tertiary/aromatic N) is 2. The molecule has 5 nitrogen and oxygen atoms in total. The number of fused-ring (bicyclic) bond motifs is 2. The minimum Gasteiger partial charge on any atom is -0.355 e. The van der Waals surface area contributed by atoms with E-state index in [4.69, 9.17) is 0 Å². The van der Waals surface area contributed by atoms with Crippen molar-refractivity contribution >= 4 is 22.7 Å². The van der Waals surface area contributed by atoms with Gasteiger partial charge in [0, 0.05) is 48.9 Å². The molecule has 1 aliphatic rings. The number of benzene rings is 2. The molecule has 0 radical (unpaired) electrons. The number of hydrogen-bond donors (Lipinski definition) is 1. The first-order valence-corrected chi connectivity index (χ1v) is 10.6. The third-order valence-corrected chi connectivity index (χ3v) is 6.13. The Morgan fingerprint density at radius 1 is 1.03 bits per heavy atom. The minimum atomic E-state index is -0.457. The van der Waals surface area contributed by atoms with Gasteiger partial charge in [-0.15, -0.1) is 0 Å². The second-order valence-electron chi connectivity index (χ2n) is 8.61. The predicted octanol–water partition coefficient (Wildman–Crippen LogP) is 4.25. The fraction of sp³-hybridized carbons (Fsp3) is 0.360. The van der Waals surface area contributed by atoms with Gasteiger partial charge < -0.3 is 14.8 Å². The van der Waals surface area contributed by atoms with Gasteiger partial charge in [-0.1, -0.05) is 50.2 Å². The zero-order chi connectivity index (χ0) is 21.4. The molecule has 0 aliphatic carbocycles. The highest BCUT2D eigenvalue weighted by Gasteiger charge is 2.43. The number of likely N-dealkylation sites (N-methyl/N-ethyl adjacent to an activating group) is 1. The van der Waals surface area contributed by atoms with Crippen LogP contribution in [0.4, 0.5) is 0 Å². The smallest absolute Gasteiger partial charge is 0.254 e. The van der Waals surface area contributed by atoms with Gasteiger partial charge >= 0.3 is 0 Å². The molecular weight excluding hydrogens is 374 g/mol. The molecule has 2 amide bonds. The number of carbonyl (C=O) groups excluding carboxylic acids is 2. The lowest BCUT2D eigenvalue weighted by Gasteiger charge is -2.39. The Balaban J connectivity index is 1.84. The van der Waals surface area contributed by atoms with Crippen molar-refractivity contribution < 1.29 is 9.59 Å². The van der Waals surface area contributed by atoms with Gasteiger partial charge in [0.25, 0.3) is 5.91 Å². The van der Waals surface area contributed by atoms with E-state index in [0.29, 0.717) is 18.0 Å². The van der Waals surface area contributed by atoms with E-state index in [-0.39, 0.29) is 17.9 Å². The van der Waals surface area contributed by atoms with Gasteiger partial charge in [0.2, 0.25) is 5.91 Å². The van der Waals surface area contributed by atoms with Crippen molar-refractivity contribution in [2.45, 2.75) is 32.2 Å². The third-order valence-electron chi connectivity index (χ3n) is 6.13. The van der Waals surface area contributed by atoms with Gasteiger partial charge in [0.05, 0.1) is 12.0 Å². The van der Waals surface area contributed by atoms with Gasteiger partial charge in [0.1, 0.15) is 0 Å². The lowest BCUT2D eigenvalue weighted by Crippen LogP contribution is -2.45. The summed E-state index contributed by atoms with van der Waals surface area (Å²) in [6.07, 6.45) is 2.98. The summed E-state index contributed by atoms with van der Waals surface area (Å²) < 4.78 is 2.07. The van der Waals surface area contributed by atoms with Crippen LogP contribution in [-0.2, 0) is 11.8 Å². The van der Waals surface area contributed by atoms with Crippen molar-refractivity contribution in [1.82, 2.24) is 14.8 Å². The molecule has 1 N–H and O–H groups in total. The van der Waals surface area contributed by atoms with E-state index in [2.05, 4.69) is 42.1 Å². The average molecular weight is 404 g/mol. The predicted molar refractivity (Wildman–Crippen MR) is 119 cm³/mol. The summed E-state index contributed by atoms with van der Waals surface area (Å²) in [5.74, 6) is -0.0147. The van der Waals surface area contributed by atoms with E-state index in [0.717, 1.165) is 28.5 Å². The van der Waals surface area contributed by atoms with E-state index in [1.54, 1.807) is 11.9 Å². The summed E-state index contributed by atoms with van der Waals surface area (Å²) in [5.41, 5.74) is 3.51. The van der Waals surface area contributed by atoms with Crippen LogP contribution < -0.4 is 5.32 Å². The molecule has 0 bridgehead atoms. The quantitative estimate of drug-likeness (QED) is 0.692. The van der Waals surface area contributed by atoms with Crippen molar-refractivity contribution in [1.29, 1.82) is 0 Å². The molecule has 0 saturated heterocycles. The number of nitrogens with one attached hydrogen (secondary N) is 1. The van der Waals surface area contributed by atoms with Crippen LogP contribution in [0.2, 0.25) is 0 Å². The van der Waals surface area contributed by atoms with Crippen molar-refractivity contribution in [3.63, 3.8) is 0 Å². The van der Waals surface area contributed by atoms with E-state index in [1.807, 2.05) is 43.4 Å². The number of aromatic nitrogens is 1. The summed E-state index contributed by atoms with van der Waals surface area (Å²) in [6.45, 7) is 4.93. The molecule has 2 aromatic carbocycles. The summed E-state index contributed by atoms with van der Waals surface area (Å²) in [7, 11) is 3.81. The van der Waals surface area contributed by atoms with Crippen LogP contribution in [0.3, 0.4) is 0 Å².